The zero-order valence-corrected chi connectivity index (χ0v) is 14.6. The minimum atomic E-state index is -3.69. The predicted octanol–water partition coefficient (Wildman–Crippen LogP) is 3.03. The second-order valence-electron chi connectivity index (χ2n) is 5.48. The quantitative estimate of drug-likeness (QED) is 0.892. The lowest BCUT2D eigenvalue weighted by Gasteiger charge is -2.27. The molecule has 1 amide bonds. The zero-order valence-electron chi connectivity index (χ0n) is 13.0. The van der Waals surface area contributed by atoms with Gasteiger partial charge in [0.2, 0.25) is 15.9 Å². The van der Waals surface area contributed by atoms with E-state index in [4.69, 9.17) is 11.6 Å². The van der Waals surface area contributed by atoms with Gasteiger partial charge in [-0.2, -0.15) is 4.31 Å². The number of benzene rings is 1. The van der Waals surface area contributed by atoms with Crippen molar-refractivity contribution in [1.82, 2.24) is 4.31 Å². The molecule has 0 saturated heterocycles. The highest BCUT2D eigenvalue weighted by Gasteiger charge is 2.30. The van der Waals surface area contributed by atoms with Crippen molar-refractivity contribution in [3.63, 3.8) is 0 Å². The summed E-state index contributed by atoms with van der Waals surface area (Å²) in [5, 5.41) is 2.92. The zero-order chi connectivity index (χ0) is 16.5. The first-order chi connectivity index (χ1) is 10.3. The first kappa shape index (κ1) is 17.2. The number of aryl methyl sites for hydroxylation is 1. The number of sulfonamides is 1. The average Bonchev–Trinajstić information content (AvgIpc) is 2.48. The van der Waals surface area contributed by atoms with Crippen LogP contribution in [0, 0.1) is 0 Å². The molecule has 0 atom stereocenters. The van der Waals surface area contributed by atoms with Crippen molar-refractivity contribution in [3.8, 4) is 0 Å². The van der Waals surface area contributed by atoms with Crippen LogP contribution in [0.15, 0.2) is 17.0 Å². The minimum Gasteiger partial charge on any atom is -0.326 e. The molecule has 1 heterocycles. The smallest absolute Gasteiger partial charge is 0.244 e. The maximum absolute atomic E-state index is 12.8. The average molecular weight is 345 g/mol. The molecule has 0 saturated carbocycles. The summed E-state index contributed by atoms with van der Waals surface area (Å²) in [6, 6.07) is 3.04. The third-order valence-electron chi connectivity index (χ3n) is 4.17. The second kappa shape index (κ2) is 6.56. The maximum Gasteiger partial charge on any atom is 0.244 e. The Morgan fingerprint density at radius 1 is 1.27 bits per heavy atom. The Morgan fingerprint density at radius 3 is 2.50 bits per heavy atom. The van der Waals surface area contributed by atoms with Crippen LogP contribution in [0.5, 0.6) is 0 Å². The number of fused-ring (bicyclic) bond motifs is 1. The van der Waals surface area contributed by atoms with Crippen LogP contribution in [0.4, 0.5) is 5.69 Å². The Labute approximate surface area is 136 Å². The van der Waals surface area contributed by atoms with Gasteiger partial charge in [-0.15, -0.1) is 0 Å². The Kier molecular flexibility index (Phi) is 5.14. The molecule has 5 nitrogen and oxygen atoms in total. The van der Waals surface area contributed by atoms with Crippen molar-refractivity contribution in [3.05, 3.63) is 22.7 Å². The molecule has 1 aromatic carbocycles. The SMILES string of the molecule is CCC(CC)N(C)S(=O)(=O)c1cc2c(cc1Cl)CCC(=O)N2. The Bertz CT molecular complexity index is 684. The highest BCUT2D eigenvalue weighted by atomic mass is 35.5. The number of amides is 1. The third kappa shape index (κ3) is 3.14. The lowest BCUT2D eigenvalue weighted by atomic mass is 10.0. The van der Waals surface area contributed by atoms with E-state index in [0.717, 1.165) is 18.4 Å². The summed E-state index contributed by atoms with van der Waals surface area (Å²) in [7, 11) is -2.12. The van der Waals surface area contributed by atoms with Crippen LogP contribution < -0.4 is 5.32 Å². The van der Waals surface area contributed by atoms with E-state index in [1.165, 1.54) is 10.4 Å². The normalized spacial score (nSPS) is 15.1. The van der Waals surface area contributed by atoms with Crippen molar-refractivity contribution in [1.29, 1.82) is 0 Å². The van der Waals surface area contributed by atoms with E-state index >= 15 is 0 Å². The molecule has 0 bridgehead atoms. The van der Waals surface area contributed by atoms with Gasteiger partial charge in [0.15, 0.2) is 0 Å². The van der Waals surface area contributed by atoms with Gasteiger partial charge < -0.3 is 5.32 Å². The Balaban J connectivity index is 2.47. The standard InChI is InChI=1S/C15H21ClN2O3S/c1-4-11(5-2)18(3)22(20,21)14-9-13-10(8-12(14)16)6-7-15(19)17-13/h8-9,11H,4-7H2,1-3H3,(H,17,19). The van der Waals surface area contributed by atoms with Gasteiger partial charge in [0.05, 0.1) is 5.02 Å². The molecule has 7 heteroatoms. The second-order valence-corrected chi connectivity index (χ2v) is 7.85. The van der Waals surface area contributed by atoms with E-state index in [1.54, 1.807) is 13.1 Å². The number of nitrogens with zero attached hydrogens (tertiary/aromatic N) is 1. The summed E-state index contributed by atoms with van der Waals surface area (Å²) in [5.74, 6) is -0.105. The summed E-state index contributed by atoms with van der Waals surface area (Å²) < 4.78 is 27.0. The summed E-state index contributed by atoms with van der Waals surface area (Å²) in [5.41, 5.74) is 1.41. The molecule has 1 aliphatic heterocycles. The number of nitrogens with one attached hydrogen (secondary N) is 1. The van der Waals surface area contributed by atoms with Crippen LogP contribution in [-0.2, 0) is 21.2 Å². The van der Waals surface area contributed by atoms with Crippen LogP contribution >= 0.6 is 11.6 Å². The number of halogens is 1. The molecular formula is C15H21ClN2O3S. The third-order valence-corrected chi connectivity index (χ3v) is 6.54. The fraction of sp³-hybridized carbons (Fsp3) is 0.533. The van der Waals surface area contributed by atoms with E-state index in [1.807, 2.05) is 13.8 Å². The van der Waals surface area contributed by atoms with E-state index in [-0.39, 0.29) is 21.9 Å². The van der Waals surface area contributed by atoms with E-state index in [0.29, 0.717) is 18.5 Å². The van der Waals surface area contributed by atoms with Gasteiger partial charge in [-0.1, -0.05) is 25.4 Å². The molecule has 2 rings (SSSR count). The van der Waals surface area contributed by atoms with Crippen LogP contribution in [-0.4, -0.2) is 31.7 Å². The molecule has 0 aliphatic carbocycles. The van der Waals surface area contributed by atoms with E-state index in [9.17, 15) is 13.2 Å². The van der Waals surface area contributed by atoms with Gasteiger partial charge in [-0.05, 0) is 37.0 Å². The lowest BCUT2D eigenvalue weighted by Crippen LogP contribution is -2.36. The topological polar surface area (TPSA) is 66.5 Å². The summed E-state index contributed by atoms with van der Waals surface area (Å²) in [6.07, 6.45) is 2.42. The molecule has 0 fully saturated rings. The monoisotopic (exact) mass is 344 g/mol. The van der Waals surface area contributed by atoms with Gasteiger partial charge in [-0.3, -0.25) is 4.79 Å². The number of carbonyl (C=O) groups is 1. The highest BCUT2D eigenvalue weighted by Crippen LogP contribution is 2.33. The van der Waals surface area contributed by atoms with Gasteiger partial charge in [-0.25, -0.2) is 8.42 Å². The highest BCUT2D eigenvalue weighted by molar-refractivity contribution is 7.89. The largest absolute Gasteiger partial charge is 0.326 e. The van der Waals surface area contributed by atoms with Crippen molar-refractivity contribution < 1.29 is 13.2 Å². The molecular weight excluding hydrogens is 324 g/mol. The molecule has 1 N–H and O–H groups in total. The molecule has 1 aromatic rings. The van der Waals surface area contributed by atoms with Gasteiger partial charge in [0.25, 0.3) is 0 Å². The fourth-order valence-electron chi connectivity index (χ4n) is 2.73. The van der Waals surface area contributed by atoms with Crippen molar-refractivity contribution >= 4 is 33.2 Å². The Hall–Kier alpha value is -1.11. The molecule has 1 aliphatic rings. The van der Waals surface area contributed by atoms with Crippen LogP contribution in [0.25, 0.3) is 0 Å². The summed E-state index contributed by atoms with van der Waals surface area (Å²) in [6.45, 7) is 3.91. The molecule has 0 unspecified atom stereocenters. The van der Waals surface area contributed by atoms with Gasteiger partial charge in [0, 0.05) is 25.2 Å². The molecule has 22 heavy (non-hydrogen) atoms. The maximum atomic E-state index is 12.8. The summed E-state index contributed by atoms with van der Waals surface area (Å²) in [4.78, 5) is 11.5. The van der Waals surface area contributed by atoms with Gasteiger partial charge >= 0.3 is 0 Å². The fourth-order valence-corrected chi connectivity index (χ4v) is 4.78. The van der Waals surface area contributed by atoms with Crippen LogP contribution in [0.2, 0.25) is 5.02 Å². The van der Waals surface area contributed by atoms with E-state index < -0.39 is 10.0 Å². The molecule has 0 aromatic heterocycles. The number of carbonyl (C=O) groups excluding carboxylic acids is 1. The van der Waals surface area contributed by atoms with Crippen LogP contribution in [0.3, 0.4) is 0 Å². The van der Waals surface area contributed by atoms with Gasteiger partial charge in [0.1, 0.15) is 4.90 Å². The van der Waals surface area contributed by atoms with Crippen molar-refractivity contribution in [2.75, 3.05) is 12.4 Å². The summed E-state index contributed by atoms with van der Waals surface area (Å²) >= 11 is 6.20. The van der Waals surface area contributed by atoms with Crippen LogP contribution in [0.1, 0.15) is 38.7 Å². The minimum absolute atomic E-state index is 0.0458. The number of anilines is 1. The molecule has 0 spiro atoms. The number of rotatable bonds is 5. The molecule has 0 radical (unpaired) electrons. The predicted molar refractivity (Wildman–Crippen MR) is 87.7 cm³/mol. The first-order valence-electron chi connectivity index (χ1n) is 7.41. The van der Waals surface area contributed by atoms with Crippen molar-refractivity contribution in [2.45, 2.75) is 50.5 Å². The Morgan fingerprint density at radius 2 is 1.91 bits per heavy atom. The molecule has 122 valence electrons. The lowest BCUT2D eigenvalue weighted by molar-refractivity contribution is -0.116. The number of hydrogen-bond acceptors (Lipinski definition) is 3. The first-order valence-corrected chi connectivity index (χ1v) is 9.23. The van der Waals surface area contributed by atoms with Crippen molar-refractivity contribution in [2.24, 2.45) is 0 Å². The van der Waals surface area contributed by atoms with E-state index in [2.05, 4.69) is 5.32 Å². The number of hydrogen-bond donors (Lipinski definition) is 1.